The second kappa shape index (κ2) is 8.76. The number of carbonyl (C=O) groups excluding carboxylic acids is 1. The van der Waals surface area contributed by atoms with Gasteiger partial charge in [0.15, 0.2) is 11.5 Å². The van der Waals surface area contributed by atoms with Crippen molar-refractivity contribution in [1.29, 1.82) is 0 Å². The number of halogens is 2. The Morgan fingerprint density at radius 3 is 2.55 bits per heavy atom. The molecule has 0 spiro atoms. The number of nitrogens with one attached hydrogen (secondary N) is 1. The Balaban J connectivity index is 1.53. The number of fused-ring (bicyclic) bond motifs is 1. The maximum absolute atomic E-state index is 12.5. The molecule has 1 aliphatic heterocycles. The summed E-state index contributed by atoms with van der Waals surface area (Å²) in [6.45, 7) is 4.25. The van der Waals surface area contributed by atoms with Crippen molar-refractivity contribution in [2.75, 3.05) is 13.9 Å². The SMILES string of the molecule is COc1c(Br)cc(C(=O)NN=Cc2cc(C)n(-c3ccc4c(c3)OCO4)c2C)cc1Br. The molecule has 0 saturated heterocycles. The maximum atomic E-state index is 12.5. The van der Waals surface area contributed by atoms with Crippen LogP contribution in [0, 0.1) is 13.8 Å². The molecular formula is C22H19Br2N3O4. The van der Waals surface area contributed by atoms with Crippen molar-refractivity contribution in [3.8, 4) is 22.9 Å². The van der Waals surface area contributed by atoms with Gasteiger partial charge in [-0.15, -0.1) is 0 Å². The van der Waals surface area contributed by atoms with E-state index in [9.17, 15) is 4.79 Å². The van der Waals surface area contributed by atoms with Crippen LogP contribution in [0.5, 0.6) is 17.2 Å². The maximum Gasteiger partial charge on any atom is 0.271 e. The van der Waals surface area contributed by atoms with Crippen molar-refractivity contribution >= 4 is 44.0 Å². The van der Waals surface area contributed by atoms with Crippen molar-refractivity contribution in [3.63, 3.8) is 0 Å². The van der Waals surface area contributed by atoms with Crippen LogP contribution in [0.1, 0.15) is 27.3 Å². The highest BCUT2D eigenvalue weighted by molar-refractivity contribution is 9.11. The molecule has 4 rings (SSSR count). The van der Waals surface area contributed by atoms with Gasteiger partial charge in [0, 0.05) is 34.3 Å². The van der Waals surface area contributed by atoms with Gasteiger partial charge >= 0.3 is 0 Å². The van der Waals surface area contributed by atoms with Crippen molar-refractivity contribution in [2.45, 2.75) is 13.8 Å². The van der Waals surface area contributed by atoms with Crippen LogP contribution in [-0.4, -0.2) is 30.6 Å². The van der Waals surface area contributed by atoms with E-state index in [0.29, 0.717) is 20.3 Å². The average molecular weight is 549 g/mol. The van der Waals surface area contributed by atoms with Crippen molar-refractivity contribution < 1.29 is 19.0 Å². The van der Waals surface area contributed by atoms with Crippen LogP contribution >= 0.6 is 31.9 Å². The molecule has 0 atom stereocenters. The smallest absolute Gasteiger partial charge is 0.271 e. The van der Waals surface area contributed by atoms with E-state index in [-0.39, 0.29) is 12.7 Å². The van der Waals surface area contributed by atoms with Crippen LogP contribution in [-0.2, 0) is 0 Å². The third-order valence-corrected chi connectivity index (χ3v) is 6.10. The van der Waals surface area contributed by atoms with Gasteiger partial charge in [-0.25, -0.2) is 5.43 Å². The van der Waals surface area contributed by atoms with Gasteiger partial charge in [-0.2, -0.15) is 5.10 Å². The summed E-state index contributed by atoms with van der Waals surface area (Å²) in [6.07, 6.45) is 1.64. The van der Waals surface area contributed by atoms with Gasteiger partial charge in [-0.05, 0) is 76.0 Å². The Hall–Kier alpha value is -2.78. The third-order valence-electron chi connectivity index (χ3n) is 4.92. The fraction of sp³-hybridized carbons (Fsp3) is 0.182. The Bertz CT molecular complexity index is 1180. The summed E-state index contributed by atoms with van der Waals surface area (Å²) in [5, 5.41) is 4.14. The number of aromatic nitrogens is 1. The quantitative estimate of drug-likeness (QED) is 0.355. The number of rotatable bonds is 5. The summed E-state index contributed by atoms with van der Waals surface area (Å²) in [5.74, 6) is 1.76. The van der Waals surface area contributed by atoms with Gasteiger partial charge < -0.3 is 18.8 Å². The lowest BCUT2D eigenvalue weighted by molar-refractivity contribution is 0.0955. The van der Waals surface area contributed by atoms with Crippen molar-refractivity contribution in [2.24, 2.45) is 5.10 Å². The lowest BCUT2D eigenvalue weighted by atomic mass is 10.2. The normalized spacial score (nSPS) is 12.4. The van der Waals surface area contributed by atoms with Gasteiger partial charge in [-0.1, -0.05) is 0 Å². The number of hydrogen-bond acceptors (Lipinski definition) is 5. The Kier molecular flexibility index (Phi) is 6.06. The first-order valence-electron chi connectivity index (χ1n) is 9.34. The van der Waals surface area contributed by atoms with E-state index in [2.05, 4.69) is 47.0 Å². The highest BCUT2D eigenvalue weighted by atomic mass is 79.9. The number of aryl methyl sites for hydroxylation is 1. The molecule has 1 N–H and O–H groups in total. The second-order valence-corrected chi connectivity index (χ2v) is 8.58. The highest BCUT2D eigenvalue weighted by Gasteiger charge is 2.17. The Morgan fingerprint density at radius 1 is 1.13 bits per heavy atom. The summed E-state index contributed by atoms with van der Waals surface area (Å²) >= 11 is 6.80. The summed E-state index contributed by atoms with van der Waals surface area (Å²) in [4.78, 5) is 12.5. The monoisotopic (exact) mass is 547 g/mol. The summed E-state index contributed by atoms with van der Waals surface area (Å²) in [5.41, 5.74) is 6.91. The Morgan fingerprint density at radius 2 is 1.84 bits per heavy atom. The van der Waals surface area contributed by atoms with Crippen LogP contribution in [0.2, 0.25) is 0 Å². The molecule has 160 valence electrons. The molecule has 0 unspecified atom stereocenters. The first-order chi connectivity index (χ1) is 14.9. The lowest BCUT2D eigenvalue weighted by Gasteiger charge is -2.10. The fourth-order valence-corrected chi connectivity index (χ4v) is 4.96. The molecule has 2 aromatic carbocycles. The van der Waals surface area contributed by atoms with E-state index in [0.717, 1.165) is 34.1 Å². The first kappa shape index (κ1) is 21.5. The molecule has 7 nitrogen and oxygen atoms in total. The molecule has 1 amide bonds. The topological polar surface area (TPSA) is 74.1 Å². The van der Waals surface area contributed by atoms with Crippen LogP contribution in [0.15, 0.2) is 50.4 Å². The van der Waals surface area contributed by atoms with Gasteiger partial charge in [-0.3, -0.25) is 4.79 Å². The summed E-state index contributed by atoms with van der Waals surface area (Å²) in [7, 11) is 1.56. The van der Waals surface area contributed by atoms with E-state index in [1.807, 2.05) is 38.1 Å². The average Bonchev–Trinajstić information content (AvgIpc) is 3.31. The van der Waals surface area contributed by atoms with Gasteiger partial charge in [0.05, 0.1) is 22.3 Å². The molecule has 31 heavy (non-hydrogen) atoms. The molecular weight excluding hydrogens is 530 g/mol. The number of carbonyl (C=O) groups is 1. The molecule has 9 heteroatoms. The second-order valence-electron chi connectivity index (χ2n) is 6.87. The molecule has 0 fully saturated rings. The van der Waals surface area contributed by atoms with Gasteiger partial charge in [0.2, 0.25) is 6.79 Å². The number of benzene rings is 2. The molecule has 0 saturated carbocycles. The van der Waals surface area contributed by atoms with Crippen LogP contribution in [0.4, 0.5) is 0 Å². The fourth-order valence-electron chi connectivity index (χ4n) is 3.45. The van der Waals surface area contributed by atoms with Gasteiger partial charge in [0.25, 0.3) is 5.91 Å². The van der Waals surface area contributed by atoms with Crippen molar-refractivity contribution in [3.05, 3.63) is 67.9 Å². The minimum atomic E-state index is -0.329. The number of amides is 1. The van der Waals surface area contributed by atoms with E-state index < -0.39 is 0 Å². The molecule has 3 aromatic rings. The minimum Gasteiger partial charge on any atom is -0.494 e. The molecule has 2 heterocycles. The zero-order valence-electron chi connectivity index (χ0n) is 17.0. The lowest BCUT2D eigenvalue weighted by Crippen LogP contribution is -2.17. The van der Waals surface area contributed by atoms with E-state index in [1.165, 1.54) is 0 Å². The first-order valence-corrected chi connectivity index (χ1v) is 10.9. The van der Waals surface area contributed by atoms with Crippen molar-refractivity contribution in [1.82, 2.24) is 9.99 Å². The number of nitrogens with zero attached hydrogens (tertiary/aromatic N) is 2. The molecule has 0 bridgehead atoms. The van der Waals surface area contributed by atoms with Gasteiger partial charge in [0.1, 0.15) is 5.75 Å². The largest absolute Gasteiger partial charge is 0.494 e. The number of hydrogen-bond donors (Lipinski definition) is 1. The Labute approximate surface area is 196 Å². The molecule has 0 aliphatic carbocycles. The number of hydrazone groups is 1. The zero-order valence-corrected chi connectivity index (χ0v) is 20.2. The van der Waals surface area contributed by atoms with Crippen LogP contribution in [0.3, 0.4) is 0 Å². The van der Waals surface area contributed by atoms with E-state index in [1.54, 1.807) is 25.5 Å². The van der Waals surface area contributed by atoms with E-state index >= 15 is 0 Å². The minimum absolute atomic E-state index is 0.237. The third kappa shape index (κ3) is 4.20. The zero-order chi connectivity index (χ0) is 22.1. The van der Waals surface area contributed by atoms with E-state index in [4.69, 9.17) is 14.2 Å². The number of methoxy groups -OCH3 is 1. The standard InChI is InChI=1S/C22H19Br2N3O4/c1-12-6-15(13(2)27(12)16-4-5-19-20(9-16)31-11-30-19)10-25-26-22(28)14-7-17(23)21(29-3)18(24)8-14/h4-10H,11H2,1-3H3,(H,26,28). The predicted octanol–water partition coefficient (Wildman–Crippen LogP) is 5.12. The predicted molar refractivity (Wildman–Crippen MR) is 125 cm³/mol. The molecule has 1 aromatic heterocycles. The molecule has 0 radical (unpaired) electrons. The number of ether oxygens (including phenoxy) is 3. The van der Waals surface area contributed by atoms with Crippen LogP contribution < -0.4 is 19.6 Å². The summed E-state index contributed by atoms with van der Waals surface area (Å²) in [6, 6.07) is 11.2. The van der Waals surface area contributed by atoms with Crippen LogP contribution in [0.25, 0.3) is 5.69 Å². The highest BCUT2D eigenvalue weighted by Crippen LogP contribution is 2.35. The molecule has 1 aliphatic rings. The summed E-state index contributed by atoms with van der Waals surface area (Å²) < 4.78 is 19.6.